The van der Waals surface area contributed by atoms with Gasteiger partial charge in [0.25, 0.3) is 5.91 Å². The van der Waals surface area contributed by atoms with E-state index in [1.165, 1.54) is 4.80 Å². The Hall–Kier alpha value is -3.84. The van der Waals surface area contributed by atoms with E-state index in [2.05, 4.69) is 25.9 Å². The van der Waals surface area contributed by atoms with Gasteiger partial charge in [0.15, 0.2) is 0 Å². The van der Waals surface area contributed by atoms with Crippen LogP contribution >= 0.6 is 11.6 Å². The molecule has 8 heteroatoms. The highest BCUT2D eigenvalue weighted by molar-refractivity contribution is 6.30. The zero-order chi connectivity index (χ0) is 21.6. The summed E-state index contributed by atoms with van der Waals surface area (Å²) in [6, 6.07) is 24.1. The van der Waals surface area contributed by atoms with Crippen molar-refractivity contribution in [3.63, 3.8) is 0 Å². The van der Waals surface area contributed by atoms with E-state index < -0.39 is 0 Å². The van der Waals surface area contributed by atoms with Crippen LogP contribution in [0.5, 0.6) is 0 Å². The Morgan fingerprint density at radius 2 is 1.65 bits per heavy atom. The van der Waals surface area contributed by atoms with E-state index in [4.69, 9.17) is 11.6 Å². The standard InChI is InChI=1S/C23H19ClN6O/c1-16(18-11-13-21(24)14-12-18)25-27-23(31)20-9-7-17(8-10-20)15-30-28-22(26-29-30)19-5-3-2-4-6-19/h2-14H,15H2,1H3,(H,27,31). The Labute approximate surface area is 184 Å². The fraction of sp³-hybridized carbons (Fsp3) is 0.0870. The van der Waals surface area contributed by atoms with Crippen molar-refractivity contribution in [1.29, 1.82) is 0 Å². The van der Waals surface area contributed by atoms with Gasteiger partial charge in [-0.05, 0) is 47.5 Å². The fourth-order valence-corrected chi connectivity index (χ4v) is 3.02. The van der Waals surface area contributed by atoms with Crippen molar-refractivity contribution in [3.05, 3.63) is 101 Å². The van der Waals surface area contributed by atoms with Gasteiger partial charge in [0.1, 0.15) is 0 Å². The average molecular weight is 431 g/mol. The molecule has 0 aliphatic rings. The van der Waals surface area contributed by atoms with Crippen LogP contribution in [0.3, 0.4) is 0 Å². The number of amides is 1. The number of hydrazone groups is 1. The molecule has 1 N–H and O–H groups in total. The highest BCUT2D eigenvalue weighted by Crippen LogP contribution is 2.13. The quantitative estimate of drug-likeness (QED) is 0.367. The lowest BCUT2D eigenvalue weighted by Gasteiger charge is -2.05. The second-order valence-corrected chi connectivity index (χ2v) is 7.29. The van der Waals surface area contributed by atoms with Crippen LogP contribution in [0.2, 0.25) is 5.02 Å². The molecule has 0 atom stereocenters. The number of carbonyl (C=O) groups excluding carboxylic acids is 1. The second-order valence-electron chi connectivity index (χ2n) is 6.85. The van der Waals surface area contributed by atoms with Crippen LogP contribution in [-0.2, 0) is 6.54 Å². The van der Waals surface area contributed by atoms with Gasteiger partial charge in [-0.2, -0.15) is 9.90 Å². The molecule has 0 aliphatic heterocycles. The maximum atomic E-state index is 12.4. The number of benzene rings is 3. The molecule has 0 unspecified atom stereocenters. The van der Waals surface area contributed by atoms with E-state index in [1.807, 2.05) is 61.5 Å². The molecule has 31 heavy (non-hydrogen) atoms. The first-order valence-corrected chi connectivity index (χ1v) is 9.99. The number of nitrogens with one attached hydrogen (secondary N) is 1. The lowest BCUT2D eigenvalue weighted by Crippen LogP contribution is -2.19. The lowest BCUT2D eigenvalue weighted by molar-refractivity contribution is 0.0955. The van der Waals surface area contributed by atoms with Gasteiger partial charge < -0.3 is 0 Å². The van der Waals surface area contributed by atoms with Gasteiger partial charge in [0.05, 0.1) is 12.3 Å². The van der Waals surface area contributed by atoms with Crippen molar-refractivity contribution in [3.8, 4) is 11.4 Å². The van der Waals surface area contributed by atoms with Crippen molar-refractivity contribution in [2.24, 2.45) is 5.10 Å². The van der Waals surface area contributed by atoms with E-state index in [0.717, 1.165) is 16.7 Å². The number of nitrogens with zero attached hydrogens (tertiary/aromatic N) is 5. The molecule has 4 aromatic rings. The predicted octanol–water partition coefficient (Wildman–Crippen LogP) is 4.20. The van der Waals surface area contributed by atoms with Crippen molar-refractivity contribution in [1.82, 2.24) is 25.6 Å². The van der Waals surface area contributed by atoms with Crippen molar-refractivity contribution in [2.45, 2.75) is 13.5 Å². The van der Waals surface area contributed by atoms with Crippen molar-refractivity contribution >= 4 is 23.2 Å². The number of halogens is 1. The van der Waals surface area contributed by atoms with E-state index in [0.29, 0.717) is 28.7 Å². The van der Waals surface area contributed by atoms with Gasteiger partial charge >= 0.3 is 0 Å². The van der Waals surface area contributed by atoms with Crippen LogP contribution in [0, 0.1) is 0 Å². The molecule has 1 aromatic heterocycles. The summed E-state index contributed by atoms with van der Waals surface area (Å²) in [7, 11) is 0. The average Bonchev–Trinajstić information content (AvgIpc) is 3.27. The SMILES string of the molecule is CC(=NNC(=O)c1ccc(Cn2nnc(-c3ccccc3)n2)cc1)c1ccc(Cl)cc1. The monoisotopic (exact) mass is 430 g/mol. The van der Waals surface area contributed by atoms with Gasteiger partial charge in [0.2, 0.25) is 5.82 Å². The smallest absolute Gasteiger partial charge is 0.267 e. The van der Waals surface area contributed by atoms with Crippen molar-refractivity contribution < 1.29 is 4.79 Å². The molecule has 1 amide bonds. The zero-order valence-corrected chi connectivity index (χ0v) is 17.5. The summed E-state index contributed by atoms with van der Waals surface area (Å²) in [4.78, 5) is 13.9. The molecule has 0 fully saturated rings. The van der Waals surface area contributed by atoms with Crippen molar-refractivity contribution in [2.75, 3.05) is 0 Å². The third-order valence-electron chi connectivity index (χ3n) is 4.61. The maximum absolute atomic E-state index is 12.4. The molecule has 7 nitrogen and oxygen atoms in total. The number of hydrogen-bond donors (Lipinski definition) is 1. The Morgan fingerprint density at radius 1 is 0.968 bits per heavy atom. The number of hydrogen-bond acceptors (Lipinski definition) is 5. The third kappa shape index (κ3) is 5.21. The van der Waals surface area contributed by atoms with Crippen LogP contribution in [-0.4, -0.2) is 31.8 Å². The molecular weight excluding hydrogens is 412 g/mol. The van der Waals surface area contributed by atoms with Gasteiger partial charge in [-0.1, -0.05) is 66.2 Å². The molecule has 0 radical (unpaired) electrons. The predicted molar refractivity (Wildman–Crippen MR) is 120 cm³/mol. The minimum atomic E-state index is -0.287. The molecule has 3 aromatic carbocycles. The van der Waals surface area contributed by atoms with Crippen LogP contribution in [0.15, 0.2) is 84.0 Å². The van der Waals surface area contributed by atoms with Crippen LogP contribution in [0.25, 0.3) is 11.4 Å². The Bertz CT molecular complexity index is 1200. The summed E-state index contributed by atoms with van der Waals surface area (Å²) < 4.78 is 0. The molecule has 0 bridgehead atoms. The second kappa shape index (κ2) is 9.32. The van der Waals surface area contributed by atoms with E-state index in [1.54, 1.807) is 24.3 Å². The highest BCUT2D eigenvalue weighted by atomic mass is 35.5. The van der Waals surface area contributed by atoms with Crippen LogP contribution in [0.4, 0.5) is 0 Å². The Morgan fingerprint density at radius 3 is 2.35 bits per heavy atom. The lowest BCUT2D eigenvalue weighted by atomic mass is 10.1. The summed E-state index contributed by atoms with van der Waals surface area (Å²) >= 11 is 5.89. The van der Waals surface area contributed by atoms with Crippen LogP contribution < -0.4 is 5.43 Å². The van der Waals surface area contributed by atoms with Gasteiger partial charge in [-0.15, -0.1) is 10.2 Å². The molecule has 1 heterocycles. The molecule has 154 valence electrons. The molecular formula is C23H19ClN6O. The third-order valence-corrected chi connectivity index (χ3v) is 4.86. The minimum Gasteiger partial charge on any atom is -0.267 e. The number of aromatic nitrogens is 4. The molecule has 4 rings (SSSR count). The van der Waals surface area contributed by atoms with E-state index in [9.17, 15) is 4.79 Å². The molecule has 0 aliphatic carbocycles. The first-order valence-electron chi connectivity index (χ1n) is 9.61. The number of tetrazole rings is 1. The first-order chi connectivity index (χ1) is 15.1. The number of carbonyl (C=O) groups is 1. The van der Waals surface area contributed by atoms with E-state index >= 15 is 0 Å². The summed E-state index contributed by atoms with van der Waals surface area (Å²) in [5.74, 6) is 0.288. The van der Waals surface area contributed by atoms with Crippen LogP contribution in [0.1, 0.15) is 28.4 Å². The Kier molecular flexibility index (Phi) is 6.14. The molecule has 0 saturated carbocycles. The largest absolute Gasteiger partial charge is 0.271 e. The molecule has 0 saturated heterocycles. The number of rotatable bonds is 6. The summed E-state index contributed by atoms with van der Waals surface area (Å²) in [6.07, 6.45) is 0. The van der Waals surface area contributed by atoms with Gasteiger partial charge in [-0.3, -0.25) is 4.79 Å². The molecule has 0 spiro atoms. The topological polar surface area (TPSA) is 85.1 Å². The van der Waals surface area contributed by atoms with Gasteiger partial charge in [0, 0.05) is 16.1 Å². The fourth-order valence-electron chi connectivity index (χ4n) is 2.89. The summed E-state index contributed by atoms with van der Waals surface area (Å²) in [5, 5.41) is 17.4. The first kappa shape index (κ1) is 20.4. The Balaban J connectivity index is 1.38. The van der Waals surface area contributed by atoms with E-state index in [-0.39, 0.29) is 5.91 Å². The van der Waals surface area contributed by atoms with Gasteiger partial charge in [-0.25, -0.2) is 5.43 Å². The normalized spacial score (nSPS) is 11.4. The summed E-state index contributed by atoms with van der Waals surface area (Å²) in [5.41, 5.74) is 6.52. The maximum Gasteiger partial charge on any atom is 0.271 e. The summed E-state index contributed by atoms with van der Waals surface area (Å²) in [6.45, 7) is 2.27. The minimum absolute atomic E-state index is 0.287. The highest BCUT2D eigenvalue weighted by Gasteiger charge is 2.08. The zero-order valence-electron chi connectivity index (χ0n) is 16.7.